The van der Waals surface area contributed by atoms with Crippen molar-refractivity contribution in [1.82, 2.24) is 9.80 Å². The Balaban J connectivity index is 1.55. The smallest absolute Gasteiger partial charge is 0.231 e. The lowest BCUT2D eigenvalue weighted by Gasteiger charge is -2.17. The number of anilines is 2. The fraction of sp³-hybridized carbons (Fsp3) is 0.538. The van der Waals surface area contributed by atoms with Crippen molar-refractivity contribution in [2.45, 2.75) is 0 Å². The quantitative estimate of drug-likeness (QED) is 0.777. The summed E-state index contributed by atoms with van der Waals surface area (Å²) in [4.78, 5) is 4.73. The molecule has 104 valence electrons. The summed E-state index contributed by atoms with van der Waals surface area (Å²) in [5, 5.41) is 3.36. The number of nitrogens with one attached hydrogen (secondary N) is 1. The summed E-state index contributed by atoms with van der Waals surface area (Å²) in [6, 6.07) is 3.72. The number of likely N-dealkylation sites (N-methyl/N-ethyl adjacent to an activating group) is 1. The molecule has 0 spiro atoms. The standard InChI is InChI=1S/C13H20N4O2/c1-16-4-5-17(8-16)3-2-15-11-7-13-12(6-10(11)14)18-9-19-13/h6-7,15H,2-5,8-9,14H2,1H3. The monoisotopic (exact) mass is 264 g/mol. The lowest BCUT2D eigenvalue weighted by molar-refractivity contribution is 0.174. The molecule has 2 aliphatic heterocycles. The van der Waals surface area contributed by atoms with Gasteiger partial charge in [0.25, 0.3) is 0 Å². The minimum atomic E-state index is 0.276. The van der Waals surface area contributed by atoms with Crippen LogP contribution in [0.3, 0.4) is 0 Å². The predicted molar refractivity (Wildman–Crippen MR) is 74.5 cm³/mol. The molecule has 6 heteroatoms. The molecule has 19 heavy (non-hydrogen) atoms. The summed E-state index contributed by atoms with van der Waals surface area (Å²) in [5.74, 6) is 1.49. The molecule has 6 nitrogen and oxygen atoms in total. The highest BCUT2D eigenvalue weighted by Crippen LogP contribution is 2.38. The van der Waals surface area contributed by atoms with Gasteiger partial charge < -0.3 is 20.5 Å². The summed E-state index contributed by atoms with van der Waals surface area (Å²) in [6.45, 7) is 5.48. The van der Waals surface area contributed by atoms with Crippen LogP contribution in [0.25, 0.3) is 0 Å². The summed E-state index contributed by atoms with van der Waals surface area (Å²) in [5.41, 5.74) is 7.60. The van der Waals surface area contributed by atoms with E-state index in [2.05, 4.69) is 22.2 Å². The third-order valence-electron chi connectivity index (χ3n) is 3.53. The Kier molecular flexibility index (Phi) is 3.35. The van der Waals surface area contributed by atoms with E-state index < -0.39 is 0 Å². The van der Waals surface area contributed by atoms with Crippen molar-refractivity contribution in [3.05, 3.63) is 12.1 Å². The van der Waals surface area contributed by atoms with E-state index in [1.54, 1.807) is 0 Å². The zero-order chi connectivity index (χ0) is 13.2. The van der Waals surface area contributed by atoms with Crippen LogP contribution in [-0.4, -0.2) is 56.5 Å². The first-order valence-electron chi connectivity index (χ1n) is 6.56. The number of nitrogen functional groups attached to an aromatic ring is 1. The van der Waals surface area contributed by atoms with E-state index in [0.29, 0.717) is 5.69 Å². The maximum Gasteiger partial charge on any atom is 0.231 e. The Labute approximate surface area is 113 Å². The molecule has 0 aliphatic carbocycles. The minimum Gasteiger partial charge on any atom is -0.454 e. The molecular formula is C13H20N4O2. The van der Waals surface area contributed by atoms with Gasteiger partial charge in [-0.2, -0.15) is 0 Å². The van der Waals surface area contributed by atoms with Gasteiger partial charge in [0.15, 0.2) is 11.5 Å². The van der Waals surface area contributed by atoms with E-state index in [9.17, 15) is 0 Å². The second kappa shape index (κ2) is 5.14. The molecule has 1 aromatic carbocycles. The predicted octanol–water partition coefficient (Wildman–Crippen LogP) is 0.614. The largest absolute Gasteiger partial charge is 0.454 e. The van der Waals surface area contributed by atoms with Gasteiger partial charge in [-0.1, -0.05) is 0 Å². The van der Waals surface area contributed by atoms with E-state index in [1.165, 1.54) is 0 Å². The van der Waals surface area contributed by atoms with Crippen molar-refractivity contribution >= 4 is 11.4 Å². The minimum absolute atomic E-state index is 0.276. The molecular weight excluding hydrogens is 244 g/mol. The first-order valence-corrected chi connectivity index (χ1v) is 6.56. The number of hydrogen-bond donors (Lipinski definition) is 2. The number of benzene rings is 1. The van der Waals surface area contributed by atoms with Gasteiger partial charge in [-0.05, 0) is 7.05 Å². The van der Waals surface area contributed by atoms with Crippen LogP contribution in [0.2, 0.25) is 0 Å². The van der Waals surface area contributed by atoms with Gasteiger partial charge >= 0.3 is 0 Å². The molecule has 1 fully saturated rings. The number of rotatable bonds is 4. The molecule has 1 aromatic rings. The van der Waals surface area contributed by atoms with Gasteiger partial charge in [0.1, 0.15) is 0 Å². The Hall–Kier alpha value is -1.66. The Morgan fingerprint density at radius 3 is 2.79 bits per heavy atom. The van der Waals surface area contributed by atoms with Crippen molar-refractivity contribution in [2.75, 3.05) is 57.7 Å². The molecule has 1 saturated heterocycles. The van der Waals surface area contributed by atoms with Crippen molar-refractivity contribution < 1.29 is 9.47 Å². The van der Waals surface area contributed by atoms with Crippen LogP contribution in [0.5, 0.6) is 11.5 Å². The van der Waals surface area contributed by atoms with Gasteiger partial charge in [-0.25, -0.2) is 0 Å². The van der Waals surface area contributed by atoms with Crippen LogP contribution in [0, 0.1) is 0 Å². The highest BCUT2D eigenvalue weighted by atomic mass is 16.7. The first kappa shape index (κ1) is 12.4. The molecule has 0 bridgehead atoms. The fourth-order valence-electron chi connectivity index (χ4n) is 2.44. The van der Waals surface area contributed by atoms with E-state index in [-0.39, 0.29) is 6.79 Å². The normalized spacial score (nSPS) is 19.0. The van der Waals surface area contributed by atoms with Crippen molar-refractivity contribution in [1.29, 1.82) is 0 Å². The third-order valence-corrected chi connectivity index (χ3v) is 3.53. The van der Waals surface area contributed by atoms with Crippen LogP contribution in [-0.2, 0) is 0 Å². The van der Waals surface area contributed by atoms with Crippen LogP contribution in [0.1, 0.15) is 0 Å². The third kappa shape index (κ3) is 2.69. The Morgan fingerprint density at radius 2 is 2.05 bits per heavy atom. The van der Waals surface area contributed by atoms with Gasteiger partial charge in [0, 0.05) is 38.3 Å². The molecule has 2 heterocycles. The maximum absolute atomic E-state index is 5.99. The van der Waals surface area contributed by atoms with Crippen LogP contribution in [0.15, 0.2) is 12.1 Å². The number of hydrogen-bond acceptors (Lipinski definition) is 6. The Morgan fingerprint density at radius 1 is 1.26 bits per heavy atom. The van der Waals surface area contributed by atoms with Crippen LogP contribution < -0.4 is 20.5 Å². The molecule has 0 unspecified atom stereocenters. The zero-order valence-electron chi connectivity index (χ0n) is 11.2. The second-order valence-corrected chi connectivity index (χ2v) is 5.06. The number of nitrogens with two attached hydrogens (primary N) is 1. The highest BCUT2D eigenvalue weighted by Gasteiger charge is 2.17. The van der Waals surface area contributed by atoms with Crippen LogP contribution in [0.4, 0.5) is 11.4 Å². The van der Waals surface area contributed by atoms with Gasteiger partial charge in [0.2, 0.25) is 6.79 Å². The summed E-state index contributed by atoms with van der Waals surface area (Å²) >= 11 is 0. The molecule has 0 aromatic heterocycles. The molecule has 0 amide bonds. The fourth-order valence-corrected chi connectivity index (χ4v) is 2.44. The summed E-state index contributed by atoms with van der Waals surface area (Å²) in [7, 11) is 2.14. The molecule has 2 aliphatic rings. The van der Waals surface area contributed by atoms with E-state index >= 15 is 0 Å². The van der Waals surface area contributed by atoms with Crippen molar-refractivity contribution in [2.24, 2.45) is 0 Å². The second-order valence-electron chi connectivity index (χ2n) is 5.06. The van der Waals surface area contributed by atoms with E-state index in [0.717, 1.165) is 50.0 Å². The summed E-state index contributed by atoms with van der Waals surface area (Å²) in [6.07, 6.45) is 0. The lowest BCUT2D eigenvalue weighted by Crippen LogP contribution is -2.28. The SMILES string of the molecule is CN1CCN(CCNc2cc3c(cc2N)OCO3)C1. The topological polar surface area (TPSA) is 63.0 Å². The first-order chi connectivity index (χ1) is 9.22. The molecule has 0 saturated carbocycles. The van der Waals surface area contributed by atoms with E-state index in [4.69, 9.17) is 15.2 Å². The van der Waals surface area contributed by atoms with Gasteiger partial charge in [-0.3, -0.25) is 9.80 Å². The van der Waals surface area contributed by atoms with Crippen molar-refractivity contribution in [3.63, 3.8) is 0 Å². The molecule has 0 radical (unpaired) electrons. The lowest BCUT2D eigenvalue weighted by atomic mass is 10.2. The average molecular weight is 264 g/mol. The number of fused-ring (bicyclic) bond motifs is 1. The average Bonchev–Trinajstić information content (AvgIpc) is 2.98. The number of ether oxygens (including phenoxy) is 2. The van der Waals surface area contributed by atoms with Gasteiger partial charge in [-0.15, -0.1) is 0 Å². The molecule has 3 rings (SSSR count). The zero-order valence-corrected chi connectivity index (χ0v) is 11.2. The summed E-state index contributed by atoms with van der Waals surface area (Å²) < 4.78 is 10.6. The van der Waals surface area contributed by atoms with E-state index in [1.807, 2.05) is 12.1 Å². The highest BCUT2D eigenvalue weighted by molar-refractivity contribution is 5.72. The van der Waals surface area contributed by atoms with Crippen molar-refractivity contribution in [3.8, 4) is 11.5 Å². The maximum atomic E-state index is 5.99. The Bertz CT molecular complexity index is 466. The number of nitrogens with zero attached hydrogens (tertiary/aromatic N) is 2. The van der Waals surface area contributed by atoms with Gasteiger partial charge in [0.05, 0.1) is 18.0 Å². The molecule has 3 N–H and O–H groups in total. The molecule has 0 atom stereocenters. The van der Waals surface area contributed by atoms with Crippen LogP contribution >= 0.6 is 0 Å².